The molecule has 0 aromatic heterocycles. The van der Waals surface area contributed by atoms with Crippen LogP contribution in [-0.2, 0) is 11.2 Å². The monoisotopic (exact) mass is 275 g/mol. The Hall–Kier alpha value is -1.35. The Labute approximate surface area is 121 Å². The van der Waals surface area contributed by atoms with E-state index in [1.54, 1.807) is 0 Å². The maximum absolute atomic E-state index is 11.0. The smallest absolute Gasteiger partial charge is 0.306 e. The Morgan fingerprint density at radius 2 is 2.00 bits per heavy atom. The summed E-state index contributed by atoms with van der Waals surface area (Å²) in [4.78, 5) is 11.0. The molecule has 2 rings (SSSR count). The van der Waals surface area contributed by atoms with E-state index >= 15 is 0 Å². The highest BCUT2D eigenvalue weighted by molar-refractivity contribution is 5.70. The van der Waals surface area contributed by atoms with Crippen molar-refractivity contribution in [2.24, 2.45) is 5.92 Å². The van der Waals surface area contributed by atoms with Gasteiger partial charge in [-0.3, -0.25) is 4.79 Å². The van der Waals surface area contributed by atoms with E-state index < -0.39 is 5.97 Å². The lowest BCUT2D eigenvalue weighted by molar-refractivity contribution is -0.143. The average Bonchev–Trinajstić information content (AvgIpc) is 2.48. The lowest BCUT2D eigenvalue weighted by atomic mass is 9.86. The van der Waals surface area contributed by atoms with Crippen LogP contribution in [0, 0.1) is 5.92 Å². The van der Waals surface area contributed by atoms with Crippen LogP contribution in [0.5, 0.6) is 0 Å². The van der Waals surface area contributed by atoms with Crippen molar-refractivity contribution in [2.75, 3.05) is 6.54 Å². The first-order valence-corrected chi connectivity index (χ1v) is 7.76. The number of hydrogen-bond acceptors (Lipinski definition) is 2. The van der Waals surface area contributed by atoms with Gasteiger partial charge < -0.3 is 10.4 Å². The zero-order valence-electron chi connectivity index (χ0n) is 12.1. The first-order chi connectivity index (χ1) is 9.75. The quantitative estimate of drug-likeness (QED) is 0.751. The molecule has 1 aromatic carbocycles. The fourth-order valence-electron chi connectivity index (χ4n) is 3.00. The Morgan fingerprint density at radius 1 is 1.20 bits per heavy atom. The van der Waals surface area contributed by atoms with Crippen molar-refractivity contribution in [1.82, 2.24) is 5.32 Å². The standard InChI is InChI=1S/C17H25NO2/c19-17(20)15-10-6-11-16(13-15)18-12-5-4-9-14-7-2-1-3-8-14/h1-3,7-8,15-16,18H,4-6,9-13H2,(H,19,20). The second kappa shape index (κ2) is 8.05. The summed E-state index contributed by atoms with van der Waals surface area (Å²) in [6.45, 7) is 1.00. The second-order valence-electron chi connectivity index (χ2n) is 5.80. The summed E-state index contributed by atoms with van der Waals surface area (Å²) in [5, 5.41) is 12.6. The fraction of sp³-hybridized carbons (Fsp3) is 0.588. The normalized spacial score (nSPS) is 22.6. The van der Waals surface area contributed by atoms with Gasteiger partial charge in [-0.1, -0.05) is 36.8 Å². The third-order valence-electron chi connectivity index (χ3n) is 4.19. The van der Waals surface area contributed by atoms with Gasteiger partial charge in [-0.05, 0) is 50.6 Å². The van der Waals surface area contributed by atoms with Gasteiger partial charge in [-0.25, -0.2) is 0 Å². The first kappa shape index (κ1) is 15.0. The summed E-state index contributed by atoms with van der Waals surface area (Å²) in [5.74, 6) is -0.758. The third-order valence-corrected chi connectivity index (χ3v) is 4.19. The van der Waals surface area contributed by atoms with Gasteiger partial charge in [-0.2, -0.15) is 0 Å². The average molecular weight is 275 g/mol. The summed E-state index contributed by atoms with van der Waals surface area (Å²) in [7, 11) is 0. The first-order valence-electron chi connectivity index (χ1n) is 7.76. The molecule has 1 saturated carbocycles. The molecule has 3 nitrogen and oxygen atoms in total. The number of hydrogen-bond donors (Lipinski definition) is 2. The fourth-order valence-corrected chi connectivity index (χ4v) is 3.00. The molecule has 0 saturated heterocycles. The topological polar surface area (TPSA) is 49.3 Å². The van der Waals surface area contributed by atoms with Crippen molar-refractivity contribution in [2.45, 2.75) is 51.0 Å². The number of rotatable bonds is 7. The molecule has 1 aliphatic carbocycles. The Balaban J connectivity index is 1.58. The molecular formula is C17H25NO2. The van der Waals surface area contributed by atoms with Crippen molar-refractivity contribution >= 4 is 5.97 Å². The molecule has 1 aromatic rings. The van der Waals surface area contributed by atoms with Gasteiger partial charge in [0.1, 0.15) is 0 Å². The van der Waals surface area contributed by atoms with Gasteiger partial charge in [0, 0.05) is 6.04 Å². The summed E-state index contributed by atoms with van der Waals surface area (Å²) in [6.07, 6.45) is 7.29. The minimum atomic E-state index is -0.624. The highest BCUT2D eigenvalue weighted by Gasteiger charge is 2.26. The minimum Gasteiger partial charge on any atom is -0.481 e. The van der Waals surface area contributed by atoms with Gasteiger partial charge in [0.2, 0.25) is 0 Å². The Morgan fingerprint density at radius 3 is 2.75 bits per heavy atom. The molecule has 2 unspecified atom stereocenters. The molecular weight excluding hydrogens is 250 g/mol. The van der Waals surface area contributed by atoms with Gasteiger partial charge in [0.05, 0.1) is 5.92 Å². The maximum atomic E-state index is 11.0. The molecule has 0 aliphatic heterocycles. The number of aliphatic carboxylic acids is 1. The lowest BCUT2D eigenvalue weighted by Crippen LogP contribution is -2.36. The van der Waals surface area contributed by atoms with E-state index in [2.05, 4.69) is 29.6 Å². The van der Waals surface area contributed by atoms with Crippen molar-refractivity contribution in [3.8, 4) is 0 Å². The molecule has 20 heavy (non-hydrogen) atoms. The van der Waals surface area contributed by atoms with Crippen molar-refractivity contribution in [3.63, 3.8) is 0 Å². The highest BCUT2D eigenvalue weighted by Crippen LogP contribution is 2.24. The number of carbonyl (C=O) groups is 1. The Kier molecular flexibility index (Phi) is 6.06. The van der Waals surface area contributed by atoms with Gasteiger partial charge >= 0.3 is 5.97 Å². The predicted molar refractivity (Wildman–Crippen MR) is 80.8 cm³/mol. The molecule has 0 radical (unpaired) electrons. The van der Waals surface area contributed by atoms with Crippen LogP contribution in [-0.4, -0.2) is 23.7 Å². The van der Waals surface area contributed by atoms with Crippen molar-refractivity contribution in [3.05, 3.63) is 35.9 Å². The zero-order valence-corrected chi connectivity index (χ0v) is 12.1. The summed E-state index contributed by atoms with van der Waals surface area (Å²) >= 11 is 0. The van der Waals surface area contributed by atoms with E-state index in [4.69, 9.17) is 5.11 Å². The molecule has 0 bridgehead atoms. The zero-order chi connectivity index (χ0) is 14.2. The molecule has 1 fully saturated rings. The van der Waals surface area contributed by atoms with E-state index in [9.17, 15) is 4.79 Å². The number of unbranched alkanes of at least 4 members (excludes halogenated alkanes) is 1. The third kappa shape index (κ3) is 4.97. The molecule has 2 N–H and O–H groups in total. The largest absolute Gasteiger partial charge is 0.481 e. The van der Waals surface area contributed by atoms with Crippen LogP contribution in [0.4, 0.5) is 0 Å². The van der Waals surface area contributed by atoms with E-state index in [1.807, 2.05) is 6.07 Å². The van der Waals surface area contributed by atoms with Crippen LogP contribution < -0.4 is 5.32 Å². The van der Waals surface area contributed by atoms with Crippen LogP contribution in [0.25, 0.3) is 0 Å². The SMILES string of the molecule is O=C(O)C1CCCC(NCCCCc2ccccc2)C1. The van der Waals surface area contributed by atoms with Crippen LogP contribution in [0.3, 0.4) is 0 Å². The van der Waals surface area contributed by atoms with E-state index in [0.29, 0.717) is 6.04 Å². The highest BCUT2D eigenvalue weighted by atomic mass is 16.4. The van der Waals surface area contributed by atoms with Crippen molar-refractivity contribution in [1.29, 1.82) is 0 Å². The van der Waals surface area contributed by atoms with Crippen LogP contribution >= 0.6 is 0 Å². The van der Waals surface area contributed by atoms with Gasteiger partial charge in [-0.15, -0.1) is 0 Å². The predicted octanol–water partition coefficient (Wildman–Crippen LogP) is 3.24. The number of aryl methyl sites for hydroxylation is 1. The van der Waals surface area contributed by atoms with Gasteiger partial charge in [0.25, 0.3) is 0 Å². The second-order valence-corrected chi connectivity index (χ2v) is 5.80. The minimum absolute atomic E-state index is 0.134. The lowest BCUT2D eigenvalue weighted by Gasteiger charge is -2.27. The van der Waals surface area contributed by atoms with E-state index in [0.717, 1.165) is 45.1 Å². The molecule has 0 amide bonds. The number of carboxylic acid groups (broad SMARTS) is 1. The number of nitrogens with one attached hydrogen (secondary N) is 1. The molecule has 0 spiro atoms. The molecule has 0 heterocycles. The van der Waals surface area contributed by atoms with Crippen LogP contribution in [0.15, 0.2) is 30.3 Å². The molecule has 1 aliphatic rings. The number of benzene rings is 1. The Bertz CT molecular complexity index is 405. The van der Waals surface area contributed by atoms with E-state index in [-0.39, 0.29) is 5.92 Å². The summed E-state index contributed by atoms with van der Waals surface area (Å²) in [5.41, 5.74) is 1.40. The summed E-state index contributed by atoms with van der Waals surface area (Å²) < 4.78 is 0. The molecule has 110 valence electrons. The molecule has 3 heteroatoms. The summed E-state index contributed by atoms with van der Waals surface area (Å²) in [6, 6.07) is 11.0. The maximum Gasteiger partial charge on any atom is 0.306 e. The molecule has 2 atom stereocenters. The van der Waals surface area contributed by atoms with Crippen LogP contribution in [0.1, 0.15) is 44.1 Å². The van der Waals surface area contributed by atoms with Crippen LogP contribution in [0.2, 0.25) is 0 Å². The van der Waals surface area contributed by atoms with Gasteiger partial charge in [0.15, 0.2) is 0 Å². The van der Waals surface area contributed by atoms with E-state index in [1.165, 1.54) is 12.0 Å². The van der Waals surface area contributed by atoms with Crippen molar-refractivity contribution < 1.29 is 9.90 Å². The number of carboxylic acids is 1.